The van der Waals surface area contributed by atoms with Gasteiger partial charge in [-0.3, -0.25) is 0 Å². The molecule has 4 heteroatoms. The zero-order valence-corrected chi connectivity index (χ0v) is 30.9. The van der Waals surface area contributed by atoms with Crippen LogP contribution in [-0.4, -0.2) is 19.5 Å². The summed E-state index contributed by atoms with van der Waals surface area (Å²) in [5.74, 6) is 0.664. The van der Waals surface area contributed by atoms with E-state index < -0.39 is 0 Å². The second-order valence-corrected chi connectivity index (χ2v) is 14.4. The third-order valence-corrected chi connectivity index (χ3v) is 11.0. The minimum Gasteiger partial charge on any atom is -0.309 e. The zero-order chi connectivity index (χ0) is 37.7. The van der Waals surface area contributed by atoms with Crippen LogP contribution in [0.5, 0.6) is 0 Å². The Kier molecular flexibility index (Phi) is 7.78. The third-order valence-electron chi connectivity index (χ3n) is 11.0. The molecule has 0 aliphatic carbocycles. The molecule has 0 aliphatic heterocycles. The van der Waals surface area contributed by atoms with Crippen molar-refractivity contribution in [3.8, 4) is 62.0 Å². The van der Waals surface area contributed by atoms with Crippen molar-refractivity contribution in [1.29, 1.82) is 0 Å². The molecule has 0 N–H and O–H groups in total. The van der Waals surface area contributed by atoms with Crippen LogP contribution in [0.15, 0.2) is 206 Å². The van der Waals surface area contributed by atoms with Gasteiger partial charge in [0, 0.05) is 54.9 Å². The van der Waals surface area contributed by atoms with Crippen LogP contribution >= 0.6 is 0 Å². The Morgan fingerprint density at radius 1 is 0.316 bits per heavy atom. The molecule has 0 bridgehead atoms. The molecule has 11 aromatic rings. The van der Waals surface area contributed by atoms with E-state index >= 15 is 0 Å². The number of hydrogen-bond donors (Lipinski definition) is 0. The molecule has 0 unspecified atom stereocenters. The molecule has 0 amide bonds. The minimum atomic E-state index is 0.664. The van der Waals surface area contributed by atoms with Gasteiger partial charge < -0.3 is 4.57 Å². The van der Waals surface area contributed by atoms with Crippen LogP contribution in [0.1, 0.15) is 0 Å². The first-order valence-corrected chi connectivity index (χ1v) is 19.3. The quantitative estimate of drug-likeness (QED) is 0.160. The van der Waals surface area contributed by atoms with E-state index in [1.54, 1.807) is 0 Å². The van der Waals surface area contributed by atoms with Crippen molar-refractivity contribution in [1.82, 2.24) is 19.5 Å². The zero-order valence-electron chi connectivity index (χ0n) is 30.9. The van der Waals surface area contributed by atoms with Crippen LogP contribution < -0.4 is 0 Å². The fraction of sp³-hybridized carbons (Fsp3) is 0. The van der Waals surface area contributed by atoms with Crippen molar-refractivity contribution in [3.05, 3.63) is 206 Å². The van der Waals surface area contributed by atoms with Crippen molar-refractivity contribution in [2.45, 2.75) is 0 Å². The first-order chi connectivity index (χ1) is 28.3. The third kappa shape index (κ3) is 5.66. The van der Waals surface area contributed by atoms with Gasteiger partial charge in [-0.15, -0.1) is 0 Å². The monoisotopic (exact) mass is 726 g/mol. The van der Waals surface area contributed by atoms with Crippen molar-refractivity contribution in [3.63, 3.8) is 0 Å². The lowest BCUT2D eigenvalue weighted by Gasteiger charge is -2.14. The van der Waals surface area contributed by atoms with Crippen molar-refractivity contribution in [2.75, 3.05) is 0 Å². The summed E-state index contributed by atoms with van der Waals surface area (Å²) >= 11 is 0. The van der Waals surface area contributed by atoms with Crippen LogP contribution in [0.25, 0.3) is 105 Å². The van der Waals surface area contributed by atoms with Gasteiger partial charge in [-0.2, -0.15) is 0 Å². The summed E-state index contributed by atoms with van der Waals surface area (Å²) in [5.41, 5.74) is 13.4. The van der Waals surface area contributed by atoms with E-state index in [-0.39, 0.29) is 0 Å². The van der Waals surface area contributed by atoms with Crippen LogP contribution in [0, 0.1) is 0 Å². The fourth-order valence-electron chi connectivity index (χ4n) is 8.35. The Labute approximate surface area is 330 Å². The van der Waals surface area contributed by atoms with Crippen LogP contribution in [0.2, 0.25) is 0 Å². The van der Waals surface area contributed by atoms with E-state index in [2.05, 4.69) is 199 Å². The number of pyridine rings is 1. The van der Waals surface area contributed by atoms with Gasteiger partial charge in [-0.25, -0.2) is 15.0 Å². The molecule has 4 nitrogen and oxygen atoms in total. The van der Waals surface area contributed by atoms with Gasteiger partial charge in [0.05, 0.1) is 33.6 Å². The lowest BCUT2D eigenvalue weighted by atomic mass is 9.95. The standard InChI is InChI=1S/C53H34N4/c1-4-16-35(17-5-1)37-20-14-21-38(32-37)47-34-46(36-18-6-2-7-19-36)55-53(56-47)40-23-15-22-39(33-40)52-44-30-31-49-51(50(44)42-26-10-12-28-45(42)54-52)43-27-11-13-29-48(43)57(49)41-24-8-3-9-25-41/h1-34H. The molecule has 3 heterocycles. The highest BCUT2D eigenvalue weighted by Gasteiger charge is 2.20. The summed E-state index contributed by atoms with van der Waals surface area (Å²) in [6.07, 6.45) is 0. The summed E-state index contributed by atoms with van der Waals surface area (Å²) in [6, 6.07) is 72.5. The second kappa shape index (κ2) is 13.6. The van der Waals surface area contributed by atoms with E-state index in [0.717, 1.165) is 66.9 Å². The first-order valence-electron chi connectivity index (χ1n) is 19.3. The average Bonchev–Trinajstić information content (AvgIpc) is 3.64. The minimum absolute atomic E-state index is 0.664. The molecule has 11 rings (SSSR count). The lowest BCUT2D eigenvalue weighted by Crippen LogP contribution is -1.97. The number of nitrogens with zero attached hydrogens (tertiary/aromatic N) is 4. The number of fused-ring (bicyclic) bond motifs is 7. The van der Waals surface area contributed by atoms with Crippen molar-refractivity contribution in [2.24, 2.45) is 0 Å². The molecule has 57 heavy (non-hydrogen) atoms. The van der Waals surface area contributed by atoms with E-state index in [0.29, 0.717) is 5.82 Å². The van der Waals surface area contributed by atoms with Gasteiger partial charge in [0.15, 0.2) is 5.82 Å². The van der Waals surface area contributed by atoms with Gasteiger partial charge in [0.2, 0.25) is 0 Å². The predicted octanol–water partition coefficient (Wildman–Crippen LogP) is 13.6. The van der Waals surface area contributed by atoms with Gasteiger partial charge in [-0.1, -0.05) is 158 Å². The molecule has 8 aromatic carbocycles. The van der Waals surface area contributed by atoms with Gasteiger partial charge in [-0.05, 0) is 59.7 Å². The molecule has 0 fully saturated rings. The summed E-state index contributed by atoms with van der Waals surface area (Å²) < 4.78 is 2.38. The smallest absolute Gasteiger partial charge is 0.160 e. The molecular weight excluding hydrogens is 693 g/mol. The summed E-state index contributed by atoms with van der Waals surface area (Å²) in [7, 11) is 0. The van der Waals surface area contributed by atoms with Gasteiger partial charge in [0.1, 0.15) is 0 Å². The number of aromatic nitrogens is 4. The van der Waals surface area contributed by atoms with Gasteiger partial charge in [0.25, 0.3) is 0 Å². The Balaban J connectivity index is 1.12. The molecule has 0 saturated carbocycles. The Bertz CT molecular complexity index is 3280. The predicted molar refractivity (Wildman–Crippen MR) is 236 cm³/mol. The number of para-hydroxylation sites is 3. The molecule has 0 spiro atoms. The maximum Gasteiger partial charge on any atom is 0.160 e. The van der Waals surface area contributed by atoms with E-state index in [9.17, 15) is 0 Å². The topological polar surface area (TPSA) is 43.6 Å². The highest BCUT2D eigenvalue weighted by molar-refractivity contribution is 6.29. The van der Waals surface area contributed by atoms with E-state index in [1.807, 2.05) is 12.1 Å². The molecule has 0 atom stereocenters. The summed E-state index contributed by atoms with van der Waals surface area (Å²) in [6.45, 7) is 0. The number of rotatable bonds is 6. The maximum atomic E-state index is 5.38. The maximum absolute atomic E-state index is 5.38. The summed E-state index contributed by atoms with van der Waals surface area (Å²) in [4.78, 5) is 15.8. The normalized spacial score (nSPS) is 11.5. The molecule has 0 radical (unpaired) electrons. The molecular formula is C53H34N4. The lowest BCUT2D eigenvalue weighted by molar-refractivity contribution is 1.18. The van der Waals surface area contributed by atoms with Crippen LogP contribution in [0.3, 0.4) is 0 Å². The molecule has 266 valence electrons. The van der Waals surface area contributed by atoms with E-state index in [4.69, 9.17) is 15.0 Å². The SMILES string of the molecule is c1ccc(-c2cccc(-c3cc(-c4ccccc4)nc(-c4cccc(-c5nc6ccccc6c6c5ccc5c6c6ccccc6n5-c5ccccc5)c4)n3)c2)cc1. The average molecular weight is 727 g/mol. The Morgan fingerprint density at radius 2 is 0.895 bits per heavy atom. The van der Waals surface area contributed by atoms with Crippen molar-refractivity contribution >= 4 is 43.5 Å². The fourth-order valence-corrected chi connectivity index (χ4v) is 8.35. The number of hydrogen-bond acceptors (Lipinski definition) is 3. The highest BCUT2D eigenvalue weighted by Crippen LogP contribution is 2.43. The largest absolute Gasteiger partial charge is 0.309 e. The molecule has 0 saturated heterocycles. The van der Waals surface area contributed by atoms with E-state index in [1.165, 1.54) is 32.8 Å². The Hall–Kier alpha value is -7.69. The first kappa shape index (κ1) is 32.7. The number of benzene rings is 8. The molecule has 0 aliphatic rings. The summed E-state index contributed by atoms with van der Waals surface area (Å²) in [5, 5.41) is 5.88. The highest BCUT2D eigenvalue weighted by atomic mass is 15.0. The van der Waals surface area contributed by atoms with Crippen LogP contribution in [0.4, 0.5) is 0 Å². The second-order valence-electron chi connectivity index (χ2n) is 14.4. The van der Waals surface area contributed by atoms with Crippen molar-refractivity contribution < 1.29 is 0 Å². The van der Waals surface area contributed by atoms with Gasteiger partial charge >= 0.3 is 0 Å². The van der Waals surface area contributed by atoms with Crippen LogP contribution in [-0.2, 0) is 0 Å². The molecule has 3 aromatic heterocycles. The Morgan fingerprint density at radius 3 is 1.68 bits per heavy atom.